The monoisotopic (exact) mass is 497 g/mol. The molecule has 35 heavy (non-hydrogen) atoms. The number of hydrogen-bond donors (Lipinski definition) is 0. The Morgan fingerprint density at radius 1 is 1.17 bits per heavy atom. The van der Waals surface area contributed by atoms with Gasteiger partial charge in [-0.25, -0.2) is 0 Å². The molecule has 1 amide bonds. The molecule has 0 spiro atoms. The minimum atomic E-state index is -2.94. The largest absolute Gasteiger partial charge is 0.435 e. The summed E-state index contributed by atoms with van der Waals surface area (Å²) in [5.41, 5.74) is 1.41. The Balaban J connectivity index is 1.92. The number of nitrogens with zero attached hydrogens (tertiary/aromatic N) is 3. The number of halogens is 2. The number of rotatable bonds is 5. The summed E-state index contributed by atoms with van der Waals surface area (Å²) in [6.45, 7) is 0.374. The second-order valence-corrected chi connectivity index (χ2v) is 8.71. The Morgan fingerprint density at radius 3 is 2.49 bits per heavy atom. The van der Waals surface area contributed by atoms with Gasteiger partial charge in [-0.05, 0) is 42.3 Å². The number of aromatic nitrogens is 1. The van der Waals surface area contributed by atoms with Crippen LogP contribution in [0.15, 0.2) is 53.3 Å². The quantitative estimate of drug-likeness (QED) is 0.540. The van der Waals surface area contributed by atoms with E-state index in [2.05, 4.69) is 4.74 Å². The molecule has 1 aliphatic rings. The molecule has 0 atom stereocenters. The van der Waals surface area contributed by atoms with Crippen LogP contribution in [0.4, 0.5) is 8.78 Å². The van der Waals surface area contributed by atoms with Crippen molar-refractivity contribution in [2.45, 2.75) is 13.5 Å². The second-order valence-electron chi connectivity index (χ2n) is 7.68. The molecule has 0 aliphatic carbocycles. The van der Waals surface area contributed by atoms with Crippen molar-refractivity contribution < 1.29 is 23.0 Å². The van der Waals surface area contributed by atoms with Crippen molar-refractivity contribution >= 4 is 28.9 Å². The third-order valence-electron chi connectivity index (χ3n) is 5.42. The lowest BCUT2D eigenvalue weighted by Crippen LogP contribution is -2.42. The maximum Gasteiger partial charge on any atom is 0.387 e. The molecule has 1 aromatic heterocycles. The first-order valence-corrected chi connectivity index (χ1v) is 11.6. The van der Waals surface area contributed by atoms with Crippen molar-refractivity contribution in [1.82, 2.24) is 9.47 Å². The van der Waals surface area contributed by atoms with E-state index in [1.807, 2.05) is 25.1 Å². The summed E-state index contributed by atoms with van der Waals surface area (Å²) in [6, 6.07) is 15.0. The van der Waals surface area contributed by atoms with E-state index in [0.29, 0.717) is 37.6 Å². The zero-order valence-corrected chi connectivity index (χ0v) is 19.6. The molecule has 4 rings (SSSR count). The highest BCUT2D eigenvalue weighted by molar-refractivity contribution is 7.07. The maximum atomic E-state index is 13.5. The molecule has 10 heteroatoms. The average Bonchev–Trinajstić information content (AvgIpc) is 3.16. The first-order valence-electron chi connectivity index (χ1n) is 10.7. The van der Waals surface area contributed by atoms with Crippen molar-refractivity contribution in [3.63, 3.8) is 0 Å². The number of morpholine rings is 1. The van der Waals surface area contributed by atoms with Crippen LogP contribution < -0.4 is 19.5 Å². The summed E-state index contributed by atoms with van der Waals surface area (Å²) < 4.78 is 36.4. The molecule has 7 nitrogen and oxygen atoms in total. The SMILES string of the molecule is Cc1ccccc1-n1c(=O)/c(=C\c2ccc(OC(F)F)cc2)s/c1=C(/C#N)C(=O)N1CCOCC1. The van der Waals surface area contributed by atoms with Crippen molar-refractivity contribution in [2.24, 2.45) is 0 Å². The van der Waals surface area contributed by atoms with Gasteiger partial charge in [-0.15, -0.1) is 11.3 Å². The minimum absolute atomic E-state index is 0.00227. The predicted molar refractivity (Wildman–Crippen MR) is 127 cm³/mol. The van der Waals surface area contributed by atoms with Gasteiger partial charge in [0.2, 0.25) is 0 Å². The Bertz CT molecular complexity index is 1450. The summed E-state index contributed by atoms with van der Waals surface area (Å²) in [6.07, 6.45) is 1.59. The Kier molecular flexibility index (Phi) is 7.39. The lowest BCUT2D eigenvalue weighted by molar-refractivity contribution is -0.128. The van der Waals surface area contributed by atoms with Crippen molar-refractivity contribution in [3.05, 3.63) is 79.2 Å². The van der Waals surface area contributed by atoms with E-state index < -0.39 is 18.1 Å². The second kappa shape index (κ2) is 10.6. The minimum Gasteiger partial charge on any atom is -0.435 e. The number of thiazole rings is 1. The maximum absolute atomic E-state index is 13.5. The van der Waals surface area contributed by atoms with Gasteiger partial charge in [0.15, 0.2) is 5.57 Å². The van der Waals surface area contributed by atoms with Crippen LogP contribution >= 0.6 is 11.3 Å². The smallest absolute Gasteiger partial charge is 0.387 e. The predicted octanol–water partition coefficient (Wildman–Crippen LogP) is 2.17. The summed E-state index contributed by atoms with van der Waals surface area (Å²) in [4.78, 5) is 28.3. The van der Waals surface area contributed by atoms with E-state index in [9.17, 15) is 23.6 Å². The van der Waals surface area contributed by atoms with Gasteiger partial charge in [0.25, 0.3) is 11.5 Å². The molecule has 2 heterocycles. The van der Waals surface area contributed by atoms with Gasteiger partial charge in [-0.1, -0.05) is 30.3 Å². The molecule has 1 fully saturated rings. The van der Waals surface area contributed by atoms with Gasteiger partial charge in [0.05, 0.1) is 23.4 Å². The van der Waals surface area contributed by atoms with Gasteiger partial charge < -0.3 is 14.4 Å². The van der Waals surface area contributed by atoms with Gasteiger partial charge in [-0.3, -0.25) is 14.2 Å². The fourth-order valence-electron chi connectivity index (χ4n) is 3.69. The van der Waals surface area contributed by atoms with E-state index in [0.717, 1.165) is 16.9 Å². The normalized spacial score (nSPS) is 15.2. The topological polar surface area (TPSA) is 84.6 Å². The number of carbonyl (C=O) groups excluding carboxylic acids is 1. The number of alkyl halides is 2. The number of nitriles is 1. The number of benzene rings is 2. The van der Waals surface area contributed by atoms with Gasteiger partial charge in [-0.2, -0.15) is 14.0 Å². The molecular weight excluding hydrogens is 476 g/mol. The summed E-state index contributed by atoms with van der Waals surface area (Å²) in [5.74, 6) is -0.461. The van der Waals surface area contributed by atoms with Crippen LogP contribution in [0.3, 0.4) is 0 Å². The molecule has 0 N–H and O–H groups in total. The van der Waals surface area contributed by atoms with Gasteiger partial charge >= 0.3 is 6.61 Å². The zero-order valence-electron chi connectivity index (χ0n) is 18.7. The van der Waals surface area contributed by atoms with E-state index in [1.54, 1.807) is 35.2 Å². The summed E-state index contributed by atoms with van der Waals surface area (Å²) in [5, 5.41) is 9.95. The van der Waals surface area contributed by atoms with Crippen molar-refractivity contribution in [2.75, 3.05) is 26.3 Å². The molecule has 3 aromatic rings. The van der Waals surface area contributed by atoms with Crippen molar-refractivity contribution in [1.29, 1.82) is 5.26 Å². The van der Waals surface area contributed by atoms with Crippen LogP contribution in [0.25, 0.3) is 17.3 Å². The highest BCUT2D eigenvalue weighted by Gasteiger charge is 2.24. The Morgan fingerprint density at radius 2 is 1.86 bits per heavy atom. The molecule has 1 aliphatic heterocycles. The van der Waals surface area contributed by atoms with Crippen LogP contribution in [0.1, 0.15) is 11.1 Å². The van der Waals surface area contributed by atoms with Crippen LogP contribution in [-0.2, 0) is 9.53 Å². The molecular formula is C25H21F2N3O4S. The van der Waals surface area contributed by atoms with E-state index in [-0.39, 0.29) is 20.5 Å². The first kappa shape index (κ1) is 24.3. The molecule has 0 bridgehead atoms. The fraction of sp³-hybridized carbons (Fsp3) is 0.240. The zero-order chi connectivity index (χ0) is 24.9. The average molecular weight is 498 g/mol. The van der Waals surface area contributed by atoms with Crippen LogP contribution in [0.2, 0.25) is 0 Å². The number of hydrogen-bond acceptors (Lipinski definition) is 6. The number of carbonyl (C=O) groups is 1. The first-order chi connectivity index (χ1) is 16.9. The summed E-state index contributed by atoms with van der Waals surface area (Å²) in [7, 11) is 0. The third kappa shape index (κ3) is 5.31. The van der Waals surface area contributed by atoms with Gasteiger partial charge in [0.1, 0.15) is 16.5 Å². The molecule has 180 valence electrons. The molecule has 0 saturated carbocycles. The molecule has 2 aromatic carbocycles. The lowest BCUT2D eigenvalue weighted by Gasteiger charge is -2.26. The van der Waals surface area contributed by atoms with E-state index >= 15 is 0 Å². The molecule has 1 saturated heterocycles. The van der Waals surface area contributed by atoms with E-state index in [1.165, 1.54) is 16.7 Å². The van der Waals surface area contributed by atoms with Crippen LogP contribution in [0, 0.1) is 18.3 Å². The molecule has 0 unspecified atom stereocenters. The summed E-state index contributed by atoms with van der Waals surface area (Å²) >= 11 is 1.03. The third-order valence-corrected chi connectivity index (χ3v) is 6.51. The Labute approximate surface area is 203 Å². The number of ether oxygens (including phenoxy) is 2. The highest BCUT2D eigenvalue weighted by atomic mass is 32.1. The lowest BCUT2D eigenvalue weighted by atomic mass is 10.2. The standard InChI is InChI=1S/C25H21F2N3O4S/c1-16-4-2-3-5-20(16)30-23(32)21(14-17-6-8-18(9-7-17)34-25(26)27)35-24(30)19(15-28)22(31)29-10-12-33-13-11-29/h2-9,14,25H,10-13H2,1H3/b21-14+,24-19-. The van der Waals surface area contributed by atoms with E-state index in [4.69, 9.17) is 4.74 Å². The number of amides is 1. The number of para-hydroxylation sites is 1. The number of aryl methyl sites for hydroxylation is 1. The van der Waals surface area contributed by atoms with Crippen LogP contribution in [-0.4, -0.2) is 48.3 Å². The molecule has 0 radical (unpaired) electrons. The Hall–Kier alpha value is -3.81. The fourth-order valence-corrected chi connectivity index (χ4v) is 4.78. The highest BCUT2D eigenvalue weighted by Crippen LogP contribution is 2.16. The van der Waals surface area contributed by atoms with Gasteiger partial charge in [0, 0.05) is 13.1 Å². The van der Waals surface area contributed by atoms with Crippen molar-refractivity contribution in [3.8, 4) is 17.5 Å². The van der Waals surface area contributed by atoms with Crippen LogP contribution in [0.5, 0.6) is 5.75 Å².